The summed E-state index contributed by atoms with van der Waals surface area (Å²) in [5.41, 5.74) is 0.605. The van der Waals surface area contributed by atoms with Gasteiger partial charge in [-0.25, -0.2) is 9.59 Å². The number of esters is 2. The third-order valence-electron chi connectivity index (χ3n) is 8.35. The van der Waals surface area contributed by atoms with Crippen LogP contribution in [0.15, 0.2) is 60.7 Å². The molecule has 2 aliphatic heterocycles. The van der Waals surface area contributed by atoms with Crippen molar-refractivity contribution in [2.75, 3.05) is 34.4 Å². The van der Waals surface area contributed by atoms with Gasteiger partial charge in [-0.1, -0.05) is 60.7 Å². The van der Waals surface area contributed by atoms with Crippen LogP contribution in [0.25, 0.3) is 0 Å². The Morgan fingerprint density at radius 3 is 1.20 bits per heavy atom. The molecule has 11 nitrogen and oxygen atoms in total. The van der Waals surface area contributed by atoms with Crippen LogP contribution in [0.5, 0.6) is 0 Å². The van der Waals surface area contributed by atoms with E-state index in [1.165, 1.54) is 14.2 Å². The zero-order valence-electron chi connectivity index (χ0n) is 32.3. The zero-order chi connectivity index (χ0) is 37.5. The third-order valence-corrected chi connectivity index (χ3v) is 8.35. The van der Waals surface area contributed by atoms with E-state index < -0.39 is 23.0 Å². The molecule has 51 heavy (non-hydrogen) atoms. The molecule has 12 heteroatoms. The number of amides is 2. The van der Waals surface area contributed by atoms with Crippen molar-refractivity contribution in [1.29, 1.82) is 0 Å². The van der Waals surface area contributed by atoms with Gasteiger partial charge in [-0.15, -0.1) is 0 Å². The van der Waals surface area contributed by atoms with Crippen LogP contribution >= 0.6 is 0 Å². The fraction of sp³-hybridized carbons (Fsp3) is 0.590. The maximum atomic E-state index is 12.6. The molecule has 2 amide bonds. The van der Waals surface area contributed by atoms with Gasteiger partial charge in [-0.2, -0.15) is 7.11 Å². The predicted molar refractivity (Wildman–Crippen MR) is 189 cm³/mol. The summed E-state index contributed by atoms with van der Waals surface area (Å²) in [7, 11) is 3.53. The number of piperidine rings is 2. The molecule has 2 aromatic rings. The van der Waals surface area contributed by atoms with Crippen LogP contribution < -0.4 is 34.7 Å². The molecule has 2 aliphatic rings. The number of hydrogen-bond donors (Lipinski definition) is 0. The molecule has 0 aliphatic carbocycles. The molecule has 2 saturated heterocycles. The second-order valence-electron chi connectivity index (χ2n) is 14.3. The van der Waals surface area contributed by atoms with Crippen molar-refractivity contribution in [1.82, 2.24) is 9.80 Å². The maximum Gasteiger partial charge on any atom is 1.00 e. The van der Waals surface area contributed by atoms with Crippen LogP contribution in [0.4, 0.5) is 9.59 Å². The topological polar surface area (TPSA) is 135 Å². The molecule has 0 saturated carbocycles. The minimum absolute atomic E-state index is 0. The molecule has 2 aromatic carbocycles. The van der Waals surface area contributed by atoms with Gasteiger partial charge in [0.2, 0.25) is 0 Å². The molecule has 4 atom stereocenters. The van der Waals surface area contributed by atoms with Crippen molar-refractivity contribution < 1.29 is 72.8 Å². The van der Waals surface area contributed by atoms with Crippen molar-refractivity contribution >= 4 is 24.1 Å². The molecule has 0 spiro atoms. The molecule has 0 radical (unpaired) electrons. The Morgan fingerprint density at radius 2 is 0.922 bits per heavy atom. The van der Waals surface area contributed by atoms with Crippen LogP contribution in [0, 0.1) is 0 Å². The maximum absolute atomic E-state index is 12.6. The van der Waals surface area contributed by atoms with E-state index in [2.05, 4.69) is 0 Å². The summed E-state index contributed by atoms with van der Waals surface area (Å²) in [5.74, 6) is -1.63. The zero-order valence-corrected chi connectivity index (χ0v) is 34.3. The number of ether oxygens (including phenoxy) is 4. The van der Waals surface area contributed by atoms with Gasteiger partial charge in [0.25, 0.3) is 0 Å². The summed E-state index contributed by atoms with van der Waals surface area (Å²) < 4.78 is 21.1. The van der Waals surface area contributed by atoms with E-state index in [4.69, 9.17) is 24.1 Å². The number of benzene rings is 2. The second kappa shape index (κ2) is 22.1. The largest absolute Gasteiger partial charge is 1.00 e. The van der Waals surface area contributed by atoms with Gasteiger partial charge < -0.3 is 33.9 Å². The van der Waals surface area contributed by atoms with E-state index in [-0.39, 0.29) is 65.8 Å². The van der Waals surface area contributed by atoms with Gasteiger partial charge in [-0.05, 0) is 91.2 Å². The fourth-order valence-corrected chi connectivity index (χ4v) is 6.31. The number of carbonyl (C=O) groups is 4. The number of hydrogen-bond acceptors (Lipinski definition) is 9. The Balaban J connectivity index is 0.000000477. The number of nitrogens with zero attached hydrogens (tertiary/aromatic N) is 2. The Kier molecular flexibility index (Phi) is 19.9. The van der Waals surface area contributed by atoms with Crippen molar-refractivity contribution in [2.45, 2.75) is 115 Å². The normalized spacial score (nSPS) is 18.5. The summed E-state index contributed by atoms with van der Waals surface area (Å²) in [6, 6.07) is 18.5. The minimum atomic E-state index is -0.563. The Morgan fingerprint density at radius 1 is 0.608 bits per heavy atom. The molecule has 2 heterocycles. The summed E-state index contributed by atoms with van der Waals surface area (Å²) in [6.07, 6.45) is 4.57. The van der Waals surface area contributed by atoms with Gasteiger partial charge in [-0.3, -0.25) is 9.59 Å². The average Bonchev–Trinajstić information content (AvgIpc) is 3.09. The SMILES string of the molecule is COC(=O)C(c1ccccc1)C1CCCCN1C(=O)OC(C)(C)C.COC(=O)C(c1ccccc1)C1CCCCN1C(=O)OC(C)(C)C.C[O-].[Na+]. The summed E-state index contributed by atoms with van der Waals surface area (Å²) in [6.45, 7) is 12.3. The fourth-order valence-electron chi connectivity index (χ4n) is 6.31. The Labute approximate surface area is 326 Å². The van der Waals surface area contributed by atoms with Crippen LogP contribution in [0.3, 0.4) is 0 Å². The molecule has 4 rings (SSSR count). The minimum Gasteiger partial charge on any atom is -0.857 e. The third kappa shape index (κ3) is 14.4. The van der Waals surface area contributed by atoms with Crippen LogP contribution in [-0.4, -0.2) is 91.6 Å². The van der Waals surface area contributed by atoms with Crippen molar-refractivity contribution in [2.24, 2.45) is 0 Å². The Bertz CT molecular complexity index is 1240. The molecular weight excluding hydrogens is 663 g/mol. The molecule has 4 unspecified atom stereocenters. The first-order valence-corrected chi connectivity index (χ1v) is 17.3. The molecule has 0 aromatic heterocycles. The van der Waals surface area contributed by atoms with Gasteiger partial charge in [0.15, 0.2) is 0 Å². The standard InChI is InChI=1S/2C19H27NO4.CH3O.Na/c2*1-19(2,3)24-18(22)20-13-9-8-12-15(20)16(17(21)23-4)14-10-6-5-7-11-14;1-2;/h2*5-7,10-11,15-16H,8-9,12-13H2,1-4H3;1H3;/q;;-1;+1. The van der Waals surface area contributed by atoms with Crippen molar-refractivity contribution in [3.8, 4) is 0 Å². The summed E-state index contributed by atoms with van der Waals surface area (Å²) >= 11 is 0. The van der Waals surface area contributed by atoms with Crippen LogP contribution in [0.1, 0.15) is 103 Å². The number of methoxy groups -OCH3 is 2. The van der Waals surface area contributed by atoms with Crippen molar-refractivity contribution in [3.63, 3.8) is 0 Å². The van der Waals surface area contributed by atoms with Gasteiger partial charge in [0.1, 0.15) is 23.0 Å². The number of rotatable bonds is 6. The predicted octanol–water partition coefficient (Wildman–Crippen LogP) is 3.45. The summed E-state index contributed by atoms with van der Waals surface area (Å²) in [5, 5.41) is 8.25. The van der Waals surface area contributed by atoms with E-state index >= 15 is 0 Å². The van der Waals surface area contributed by atoms with Gasteiger partial charge >= 0.3 is 53.7 Å². The van der Waals surface area contributed by atoms with Crippen LogP contribution in [0.2, 0.25) is 0 Å². The van der Waals surface area contributed by atoms with Crippen molar-refractivity contribution in [3.05, 3.63) is 71.8 Å². The number of carbonyl (C=O) groups excluding carboxylic acids is 4. The van der Waals surface area contributed by atoms with Gasteiger partial charge in [0.05, 0.1) is 26.3 Å². The monoisotopic (exact) mass is 720 g/mol. The van der Waals surface area contributed by atoms with E-state index in [0.29, 0.717) is 13.1 Å². The first-order valence-electron chi connectivity index (χ1n) is 17.3. The first kappa shape index (κ1) is 45.9. The van der Waals surface area contributed by atoms with E-state index in [1.807, 2.05) is 102 Å². The van der Waals surface area contributed by atoms with Crippen LogP contribution in [-0.2, 0) is 28.5 Å². The second-order valence-corrected chi connectivity index (χ2v) is 14.3. The first-order chi connectivity index (χ1) is 23.7. The average molecular weight is 721 g/mol. The van der Waals surface area contributed by atoms with Gasteiger partial charge in [0, 0.05) is 13.1 Å². The molecular formula is C39H57N2NaO9. The quantitative estimate of drug-likeness (QED) is 0.250. The molecule has 278 valence electrons. The summed E-state index contributed by atoms with van der Waals surface area (Å²) in [4.78, 5) is 53.6. The molecule has 0 N–H and O–H groups in total. The number of likely N-dealkylation sites (tertiary alicyclic amines) is 2. The molecule has 2 fully saturated rings. The van der Waals surface area contributed by atoms with E-state index in [1.54, 1.807) is 9.80 Å². The Hall–Kier alpha value is -3.12. The van der Waals surface area contributed by atoms with E-state index in [9.17, 15) is 19.2 Å². The van der Waals surface area contributed by atoms with E-state index in [0.717, 1.165) is 56.8 Å². The molecule has 0 bridgehead atoms. The smallest absolute Gasteiger partial charge is 0.857 e.